The number of hydrogen-bond acceptors (Lipinski definition) is 4. The Morgan fingerprint density at radius 1 is 1.00 bits per heavy atom. The Morgan fingerprint density at radius 2 is 1.71 bits per heavy atom. The van der Waals surface area contributed by atoms with Crippen LogP contribution < -0.4 is 0 Å². The first kappa shape index (κ1) is 24.0. The van der Waals surface area contributed by atoms with E-state index in [0.29, 0.717) is 5.92 Å². The van der Waals surface area contributed by atoms with Crippen molar-refractivity contribution in [2.75, 3.05) is 7.11 Å². The number of ketones is 2. The molecule has 0 spiro atoms. The fourth-order valence-electron chi connectivity index (χ4n) is 9.75. The molecule has 186 valence electrons. The maximum atomic E-state index is 14.2. The molecule has 0 bridgehead atoms. The number of esters is 1. The van der Waals surface area contributed by atoms with Crippen LogP contribution in [-0.2, 0) is 19.1 Å². The smallest absolute Gasteiger partial charge is 0.312 e. The molecule has 3 fully saturated rings. The SMILES string of the molecule is COC(=O)C12CCC(C)CC1C1C(=O)C=C3C4(C)C=CC(=O)C(C)(C)C4CCC3(C)[C@]1(C)CC2. The first-order chi connectivity index (χ1) is 15.8. The Morgan fingerprint density at radius 3 is 2.38 bits per heavy atom. The Labute approximate surface area is 205 Å². The van der Waals surface area contributed by atoms with Gasteiger partial charge in [0.05, 0.1) is 12.5 Å². The van der Waals surface area contributed by atoms with Crippen molar-refractivity contribution in [2.45, 2.75) is 86.5 Å². The molecule has 0 saturated heterocycles. The van der Waals surface area contributed by atoms with Crippen LogP contribution in [-0.4, -0.2) is 24.6 Å². The third kappa shape index (κ3) is 2.69. The Kier molecular flexibility index (Phi) is 5.06. The minimum absolute atomic E-state index is 0.0371. The fourth-order valence-corrected chi connectivity index (χ4v) is 9.75. The molecule has 4 nitrogen and oxygen atoms in total. The molecule has 5 aliphatic carbocycles. The normalized spacial score (nSPS) is 49.2. The van der Waals surface area contributed by atoms with Gasteiger partial charge in [-0.1, -0.05) is 53.2 Å². The number of rotatable bonds is 1. The second-order valence-corrected chi connectivity index (χ2v) is 13.6. The van der Waals surface area contributed by atoms with Crippen molar-refractivity contribution in [2.24, 2.45) is 50.7 Å². The molecule has 0 N–H and O–H groups in total. The van der Waals surface area contributed by atoms with Crippen molar-refractivity contribution in [3.8, 4) is 0 Å². The van der Waals surface area contributed by atoms with Crippen LogP contribution in [0.25, 0.3) is 0 Å². The predicted molar refractivity (Wildman–Crippen MR) is 132 cm³/mol. The lowest BCUT2D eigenvalue weighted by atomic mass is 9.35. The van der Waals surface area contributed by atoms with Crippen molar-refractivity contribution in [3.63, 3.8) is 0 Å². The van der Waals surface area contributed by atoms with Crippen molar-refractivity contribution in [1.29, 1.82) is 0 Å². The largest absolute Gasteiger partial charge is 0.469 e. The molecule has 0 aromatic heterocycles. The summed E-state index contributed by atoms with van der Waals surface area (Å²) < 4.78 is 5.38. The molecule has 8 atom stereocenters. The Bertz CT molecular complexity index is 1020. The van der Waals surface area contributed by atoms with Crippen LogP contribution in [0.15, 0.2) is 23.8 Å². The summed E-state index contributed by atoms with van der Waals surface area (Å²) in [5.74, 6) is 0.878. The maximum absolute atomic E-state index is 14.2. The van der Waals surface area contributed by atoms with Crippen molar-refractivity contribution >= 4 is 17.5 Å². The molecule has 3 saturated carbocycles. The fraction of sp³-hybridized carbons (Fsp3) is 0.767. The quantitative estimate of drug-likeness (QED) is 0.438. The van der Waals surface area contributed by atoms with Crippen LogP contribution in [0, 0.1) is 50.7 Å². The zero-order chi connectivity index (χ0) is 24.9. The highest BCUT2D eigenvalue weighted by Crippen LogP contribution is 2.73. The van der Waals surface area contributed by atoms with Gasteiger partial charge in [-0.15, -0.1) is 0 Å². The van der Waals surface area contributed by atoms with E-state index in [0.717, 1.165) is 44.9 Å². The van der Waals surface area contributed by atoms with Gasteiger partial charge in [-0.25, -0.2) is 0 Å². The molecule has 7 unspecified atom stereocenters. The minimum Gasteiger partial charge on any atom is -0.469 e. The topological polar surface area (TPSA) is 60.4 Å². The van der Waals surface area contributed by atoms with E-state index >= 15 is 0 Å². The molecule has 0 heterocycles. The summed E-state index contributed by atoms with van der Waals surface area (Å²) >= 11 is 0. The summed E-state index contributed by atoms with van der Waals surface area (Å²) in [5.41, 5.74) is -0.376. The van der Waals surface area contributed by atoms with E-state index in [2.05, 4.69) is 47.6 Å². The number of fused-ring (bicyclic) bond motifs is 7. The van der Waals surface area contributed by atoms with Gasteiger partial charge in [0.1, 0.15) is 0 Å². The highest BCUT2D eigenvalue weighted by Gasteiger charge is 2.70. The molecule has 0 aromatic carbocycles. The van der Waals surface area contributed by atoms with Gasteiger partial charge in [0.2, 0.25) is 0 Å². The van der Waals surface area contributed by atoms with Gasteiger partial charge < -0.3 is 4.74 Å². The number of carbonyl (C=O) groups excluding carboxylic acids is 3. The van der Waals surface area contributed by atoms with E-state index in [9.17, 15) is 14.4 Å². The summed E-state index contributed by atoms with van der Waals surface area (Å²) in [7, 11) is 1.50. The molecular weight excluding hydrogens is 424 g/mol. The number of allylic oxidation sites excluding steroid dienone is 4. The second-order valence-electron chi connectivity index (χ2n) is 13.6. The maximum Gasteiger partial charge on any atom is 0.312 e. The summed E-state index contributed by atoms with van der Waals surface area (Å²) in [6, 6.07) is 0. The van der Waals surface area contributed by atoms with E-state index in [1.165, 1.54) is 12.7 Å². The third-order valence-corrected chi connectivity index (χ3v) is 12.0. The third-order valence-electron chi connectivity index (χ3n) is 12.0. The summed E-state index contributed by atoms with van der Waals surface area (Å²) in [5, 5.41) is 0. The standard InChI is InChI=1S/C30H42O4/c1-18-8-13-30(25(33)34-7)15-14-29(6)24(19(30)16-18)20(31)17-22-27(4)11-10-23(32)26(2,3)21(27)9-12-28(22,29)5/h10-11,17-19,21,24H,8-9,12-16H2,1-7H3/t18?,19?,21?,24?,27?,28?,29-,30?/m1/s1. The number of methoxy groups -OCH3 is 1. The first-order valence-corrected chi connectivity index (χ1v) is 13.4. The molecule has 5 rings (SSSR count). The summed E-state index contributed by atoms with van der Waals surface area (Å²) in [6.45, 7) is 13.4. The molecule has 34 heavy (non-hydrogen) atoms. The van der Waals surface area contributed by atoms with E-state index < -0.39 is 10.8 Å². The molecule has 0 amide bonds. The summed E-state index contributed by atoms with van der Waals surface area (Å²) in [4.78, 5) is 40.2. The van der Waals surface area contributed by atoms with Gasteiger partial charge in [0.15, 0.2) is 11.6 Å². The highest BCUT2D eigenvalue weighted by molar-refractivity contribution is 5.98. The average Bonchev–Trinajstić information content (AvgIpc) is 2.78. The zero-order valence-corrected chi connectivity index (χ0v) is 22.1. The van der Waals surface area contributed by atoms with Gasteiger partial charge in [-0.05, 0) is 85.7 Å². The van der Waals surface area contributed by atoms with Crippen LogP contribution in [0.3, 0.4) is 0 Å². The van der Waals surface area contributed by atoms with E-state index in [4.69, 9.17) is 4.74 Å². The van der Waals surface area contributed by atoms with Gasteiger partial charge in [0.25, 0.3) is 0 Å². The minimum atomic E-state index is -0.525. The van der Waals surface area contributed by atoms with Crippen molar-refractivity contribution in [1.82, 2.24) is 0 Å². The van der Waals surface area contributed by atoms with Gasteiger partial charge in [-0.3, -0.25) is 14.4 Å². The molecule has 0 radical (unpaired) electrons. The zero-order valence-electron chi connectivity index (χ0n) is 22.1. The molecule has 0 aliphatic heterocycles. The van der Waals surface area contributed by atoms with Crippen LogP contribution in [0.1, 0.15) is 86.5 Å². The van der Waals surface area contributed by atoms with Crippen LogP contribution in [0.5, 0.6) is 0 Å². The van der Waals surface area contributed by atoms with Crippen LogP contribution >= 0.6 is 0 Å². The van der Waals surface area contributed by atoms with Gasteiger partial charge >= 0.3 is 5.97 Å². The average molecular weight is 467 g/mol. The second kappa shape index (κ2) is 7.17. The lowest BCUT2D eigenvalue weighted by Gasteiger charge is -2.68. The predicted octanol–water partition coefficient (Wildman–Crippen LogP) is 6.10. The number of carbonyl (C=O) groups is 3. The van der Waals surface area contributed by atoms with Crippen molar-refractivity contribution in [3.05, 3.63) is 23.8 Å². The van der Waals surface area contributed by atoms with Crippen LogP contribution in [0.4, 0.5) is 0 Å². The Hall–Kier alpha value is -1.71. The number of ether oxygens (including phenoxy) is 1. The van der Waals surface area contributed by atoms with Crippen LogP contribution in [0.2, 0.25) is 0 Å². The van der Waals surface area contributed by atoms with E-state index in [1.807, 2.05) is 6.08 Å². The molecule has 0 aromatic rings. The highest BCUT2D eigenvalue weighted by atomic mass is 16.5. The lowest BCUT2D eigenvalue weighted by Crippen LogP contribution is -2.65. The Balaban J connectivity index is 1.67. The molecular formula is C30H42O4. The van der Waals surface area contributed by atoms with Gasteiger partial charge in [0, 0.05) is 16.7 Å². The first-order valence-electron chi connectivity index (χ1n) is 13.4. The summed E-state index contributed by atoms with van der Waals surface area (Å²) in [6.07, 6.45) is 12.3. The van der Waals surface area contributed by atoms with Gasteiger partial charge in [-0.2, -0.15) is 0 Å². The lowest BCUT2D eigenvalue weighted by molar-refractivity contribution is -0.187. The monoisotopic (exact) mass is 466 g/mol. The van der Waals surface area contributed by atoms with E-state index in [-0.39, 0.29) is 51.5 Å². The molecule has 4 heteroatoms. The van der Waals surface area contributed by atoms with Crippen molar-refractivity contribution < 1.29 is 19.1 Å². The number of hydrogen-bond donors (Lipinski definition) is 0. The molecule has 5 aliphatic rings. The van der Waals surface area contributed by atoms with E-state index in [1.54, 1.807) is 6.08 Å².